The summed E-state index contributed by atoms with van der Waals surface area (Å²) >= 11 is 11.0. The first-order valence-corrected chi connectivity index (χ1v) is 4.67. The highest BCUT2D eigenvalue weighted by Crippen LogP contribution is 2.12. The van der Waals surface area contributed by atoms with E-state index in [0.29, 0.717) is 0 Å². The van der Waals surface area contributed by atoms with E-state index < -0.39 is 24.0 Å². The van der Waals surface area contributed by atoms with Crippen molar-refractivity contribution in [2.24, 2.45) is 5.73 Å². The van der Waals surface area contributed by atoms with Crippen molar-refractivity contribution in [2.75, 3.05) is 0 Å². The zero-order chi connectivity index (χ0) is 12.3. The summed E-state index contributed by atoms with van der Waals surface area (Å²) < 4.78 is 0.895. The molecule has 1 heterocycles. The highest BCUT2D eigenvalue weighted by molar-refractivity contribution is 6.40. The summed E-state index contributed by atoms with van der Waals surface area (Å²) in [4.78, 5) is 36.4. The van der Waals surface area contributed by atoms with Crippen molar-refractivity contribution in [3.63, 3.8) is 0 Å². The topological polar surface area (TPSA) is 107 Å². The van der Waals surface area contributed by atoms with Crippen LogP contribution in [0.1, 0.15) is 0 Å². The summed E-state index contributed by atoms with van der Waals surface area (Å²) in [5.74, 6) is -0.755. The average Bonchev–Trinajstić information content (AvgIpc) is 2.18. The van der Waals surface area contributed by atoms with Crippen LogP contribution in [0.5, 0.6) is 0 Å². The number of rotatable bonds is 2. The molecular formula is C7H6Cl2N4O3. The van der Waals surface area contributed by atoms with Crippen LogP contribution in [0.2, 0.25) is 10.2 Å². The van der Waals surface area contributed by atoms with Gasteiger partial charge in [0.2, 0.25) is 5.91 Å². The van der Waals surface area contributed by atoms with Crippen LogP contribution in [0.3, 0.4) is 0 Å². The first-order valence-electron chi connectivity index (χ1n) is 3.91. The van der Waals surface area contributed by atoms with Gasteiger partial charge in [-0.25, -0.2) is 9.78 Å². The van der Waals surface area contributed by atoms with Gasteiger partial charge in [0.15, 0.2) is 5.15 Å². The standard InChI is InChI=1S/C7H6Cl2N4O3/c8-4-5(9)11-2-13(6(4)15)1-3(14)12-7(10)16/h2H,1H2,(H3,10,12,14,16). The molecule has 0 spiro atoms. The van der Waals surface area contributed by atoms with E-state index in [1.165, 1.54) is 0 Å². The number of aromatic nitrogens is 2. The molecule has 0 unspecified atom stereocenters. The molecule has 9 heteroatoms. The summed E-state index contributed by atoms with van der Waals surface area (Å²) in [6.45, 7) is -0.425. The summed E-state index contributed by atoms with van der Waals surface area (Å²) in [6.07, 6.45) is 1.04. The molecule has 0 aliphatic carbocycles. The second kappa shape index (κ2) is 4.95. The van der Waals surface area contributed by atoms with Crippen molar-refractivity contribution < 1.29 is 9.59 Å². The van der Waals surface area contributed by atoms with Crippen LogP contribution in [0.4, 0.5) is 4.79 Å². The number of primary amides is 1. The van der Waals surface area contributed by atoms with Crippen LogP contribution < -0.4 is 16.6 Å². The van der Waals surface area contributed by atoms with E-state index in [4.69, 9.17) is 28.9 Å². The third-order valence-electron chi connectivity index (χ3n) is 1.52. The van der Waals surface area contributed by atoms with Crippen LogP contribution >= 0.6 is 23.2 Å². The lowest BCUT2D eigenvalue weighted by Crippen LogP contribution is -2.39. The second-order valence-electron chi connectivity index (χ2n) is 2.69. The number of amides is 3. The molecule has 7 nitrogen and oxygen atoms in total. The Morgan fingerprint density at radius 1 is 1.50 bits per heavy atom. The fourth-order valence-corrected chi connectivity index (χ4v) is 1.17. The van der Waals surface area contributed by atoms with Crippen molar-refractivity contribution in [1.29, 1.82) is 0 Å². The molecule has 0 aliphatic heterocycles. The van der Waals surface area contributed by atoms with Gasteiger partial charge in [-0.2, -0.15) is 0 Å². The Morgan fingerprint density at radius 3 is 2.69 bits per heavy atom. The number of nitrogens with two attached hydrogens (primary N) is 1. The minimum absolute atomic E-state index is 0.154. The number of halogens is 2. The smallest absolute Gasteiger partial charge is 0.318 e. The number of hydrogen-bond acceptors (Lipinski definition) is 4. The van der Waals surface area contributed by atoms with E-state index in [2.05, 4.69) is 4.98 Å². The summed E-state index contributed by atoms with van der Waals surface area (Å²) in [5, 5.41) is 1.34. The van der Waals surface area contributed by atoms with Crippen molar-refractivity contribution >= 4 is 35.1 Å². The van der Waals surface area contributed by atoms with E-state index >= 15 is 0 Å². The van der Waals surface area contributed by atoms with Crippen LogP contribution in [0.15, 0.2) is 11.1 Å². The maximum absolute atomic E-state index is 11.4. The maximum Gasteiger partial charge on any atom is 0.318 e. The zero-order valence-electron chi connectivity index (χ0n) is 7.74. The zero-order valence-corrected chi connectivity index (χ0v) is 9.25. The predicted molar refractivity (Wildman–Crippen MR) is 56.2 cm³/mol. The van der Waals surface area contributed by atoms with E-state index in [0.717, 1.165) is 10.9 Å². The van der Waals surface area contributed by atoms with Gasteiger partial charge in [-0.15, -0.1) is 0 Å². The fourth-order valence-electron chi connectivity index (χ4n) is 0.888. The predicted octanol–water partition coefficient (Wildman–Crippen LogP) is -0.255. The monoisotopic (exact) mass is 264 g/mol. The SMILES string of the molecule is NC(=O)NC(=O)Cn1cnc(Cl)c(Cl)c1=O. The lowest BCUT2D eigenvalue weighted by molar-refractivity contribution is -0.120. The van der Waals surface area contributed by atoms with Gasteiger partial charge in [-0.3, -0.25) is 19.5 Å². The number of imide groups is 1. The van der Waals surface area contributed by atoms with Gasteiger partial charge in [0, 0.05) is 0 Å². The summed E-state index contributed by atoms with van der Waals surface area (Å²) in [7, 11) is 0. The molecule has 0 radical (unpaired) electrons. The Bertz CT molecular complexity index is 499. The maximum atomic E-state index is 11.4. The molecule has 0 aliphatic rings. The number of carbonyl (C=O) groups excluding carboxylic acids is 2. The minimum atomic E-state index is -1.01. The van der Waals surface area contributed by atoms with Crippen molar-refractivity contribution in [3.05, 3.63) is 26.9 Å². The Morgan fingerprint density at radius 2 is 2.12 bits per heavy atom. The highest BCUT2D eigenvalue weighted by Gasteiger charge is 2.11. The summed E-state index contributed by atoms with van der Waals surface area (Å²) in [6, 6.07) is -1.01. The number of hydrogen-bond donors (Lipinski definition) is 2. The van der Waals surface area contributed by atoms with Crippen LogP contribution in [-0.2, 0) is 11.3 Å². The average molecular weight is 265 g/mol. The Hall–Kier alpha value is -1.60. The van der Waals surface area contributed by atoms with Gasteiger partial charge in [-0.05, 0) is 0 Å². The largest absolute Gasteiger partial charge is 0.351 e. The molecule has 1 aromatic rings. The van der Waals surface area contributed by atoms with Gasteiger partial charge in [0.25, 0.3) is 5.56 Å². The third-order valence-corrected chi connectivity index (χ3v) is 2.24. The number of urea groups is 1. The lowest BCUT2D eigenvalue weighted by atomic mass is 10.5. The molecule has 1 rings (SSSR count). The molecule has 0 bridgehead atoms. The van der Waals surface area contributed by atoms with E-state index in [-0.39, 0.29) is 10.2 Å². The highest BCUT2D eigenvalue weighted by atomic mass is 35.5. The van der Waals surface area contributed by atoms with E-state index in [1.807, 2.05) is 0 Å². The number of nitrogens with zero attached hydrogens (tertiary/aromatic N) is 2. The lowest BCUT2D eigenvalue weighted by Gasteiger charge is -2.04. The van der Waals surface area contributed by atoms with Gasteiger partial charge in [0.05, 0.1) is 6.33 Å². The van der Waals surface area contributed by atoms with Crippen LogP contribution in [0.25, 0.3) is 0 Å². The second-order valence-corrected chi connectivity index (χ2v) is 3.43. The molecule has 86 valence electrons. The van der Waals surface area contributed by atoms with Crippen molar-refractivity contribution in [1.82, 2.24) is 14.9 Å². The van der Waals surface area contributed by atoms with Crippen LogP contribution in [-0.4, -0.2) is 21.5 Å². The van der Waals surface area contributed by atoms with Gasteiger partial charge >= 0.3 is 6.03 Å². The quantitative estimate of drug-likeness (QED) is 0.718. The van der Waals surface area contributed by atoms with Gasteiger partial charge in [-0.1, -0.05) is 23.2 Å². The van der Waals surface area contributed by atoms with Gasteiger partial charge < -0.3 is 5.73 Å². The molecule has 3 N–H and O–H groups in total. The molecule has 3 amide bonds. The summed E-state index contributed by atoms with van der Waals surface area (Å²) in [5.41, 5.74) is 4.04. The first kappa shape index (κ1) is 12.5. The Kier molecular flexibility index (Phi) is 3.86. The van der Waals surface area contributed by atoms with Crippen molar-refractivity contribution in [3.8, 4) is 0 Å². The van der Waals surface area contributed by atoms with Gasteiger partial charge in [0.1, 0.15) is 11.6 Å². The first-order chi connectivity index (χ1) is 7.41. The normalized spacial score (nSPS) is 9.88. The van der Waals surface area contributed by atoms with E-state index in [9.17, 15) is 14.4 Å². The Balaban J connectivity index is 2.91. The molecular weight excluding hydrogens is 259 g/mol. The fraction of sp³-hybridized carbons (Fsp3) is 0.143. The molecule has 0 atom stereocenters. The number of carbonyl (C=O) groups is 2. The molecule has 0 fully saturated rings. The minimum Gasteiger partial charge on any atom is -0.351 e. The molecule has 1 aromatic heterocycles. The van der Waals surface area contributed by atoms with Crippen molar-refractivity contribution in [2.45, 2.75) is 6.54 Å². The van der Waals surface area contributed by atoms with E-state index in [1.54, 1.807) is 5.32 Å². The molecule has 16 heavy (non-hydrogen) atoms. The molecule has 0 aromatic carbocycles. The van der Waals surface area contributed by atoms with Crippen LogP contribution in [0, 0.1) is 0 Å². The molecule has 0 saturated heterocycles. The Labute approximate surface area is 99.2 Å². The molecule has 0 saturated carbocycles. The number of nitrogens with one attached hydrogen (secondary N) is 1. The third kappa shape index (κ3) is 2.94.